The average Bonchev–Trinajstić information content (AvgIpc) is 3.32. The fraction of sp³-hybridized carbons (Fsp3) is 0.500. The van der Waals surface area contributed by atoms with Gasteiger partial charge in [0.05, 0.1) is 28.5 Å². The predicted octanol–water partition coefficient (Wildman–Crippen LogP) is 5.05. The molecule has 1 spiro atoms. The van der Waals surface area contributed by atoms with E-state index in [-0.39, 0.29) is 5.41 Å². The van der Waals surface area contributed by atoms with E-state index in [0.29, 0.717) is 22.1 Å². The molecular formula is C22H25Cl2N5O. The lowest BCUT2D eigenvalue weighted by molar-refractivity contribution is 0.0968. The molecule has 0 N–H and O–H groups in total. The van der Waals surface area contributed by atoms with Crippen molar-refractivity contribution in [2.75, 3.05) is 24.6 Å². The Labute approximate surface area is 186 Å². The van der Waals surface area contributed by atoms with Crippen molar-refractivity contribution in [3.8, 4) is 11.1 Å². The highest BCUT2D eigenvalue weighted by molar-refractivity contribution is 6.43. The number of anilines is 1. The number of fused-ring (bicyclic) bond motifs is 1. The SMILES string of the molecule is Cc1nc(N2CCC3(CC2)CO[C@@H](C)[C@H]3C)n2cnnc2c1-c1cccc(Cl)c1Cl. The minimum absolute atomic E-state index is 0.283. The number of rotatable bonds is 2. The zero-order chi connectivity index (χ0) is 21.0. The average molecular weight is 446 g/mol. The molecule has 2 aliphatic heterocycles. The minimum Gasteiger partial charge on any atom is -0.378 e. The number of aromatic nitrogens is 4. The summed E-state index contributed by atoms with van der Waals surface area (Å²) in [6.45, 7) is 9.26. The van der Waals surface area contributed by atoms with E-state index in [9.17, 15) is 0 Å². The van der Waals surface area contributed by atoms with Crippen LogP contribution in [0.1, 0.15) is 32.4 Å². The molecule has 2 atom stereocenters. The number of hydrogen-bond acceptors (Lipinski definition) is 5. The quantitative estimate of drug-likeness (QED) is 0.552. The Morgan fingerprint density at radius 2 is 1.93 bits per heavy atom. The molecule has 4 heterocycles. The third kappa shape index (κ3) is 3.00. The molecule has 5 rings (SSSR count). The van der Waals surface area contributed by atoms with E-state index in [1.54, 1.807) is 12.4 Å². The van der Waals surface area contributed by atoms with Gasteiger partial charge < -0.3 is 9.64 Å². The number of ether oxygens (including phenoxy) is 1. The number of piperidine rings is 1. The molecule has 158 valence electrons. The van der Waals surface area contributed by atoms with Gasteiger partial charge in [0.1, 0.15) is 6.33 Å². The van der Waals surface area contributed by atoms with E-state index >= 15 is 0 Å². The third-order valence-electron chi connectivity index (χ3n) is 7.18. The number of hydrogen-bond donors (Lipinski definition) is 0. The van der Waals surface area contributed by atoms with Crippen LogP contribution in [-0.2, 0) is 4.74 Å². The first-order valence-corrected chi connectivity index (χ1v) is 11.2. The maximum Gasteiger partial charge on any atom is 0.212 e. The molecule has 2 aromatic heterocycles. The highest BCUT2D eigenvalue weighted by Gasteiger charge is 2.47. The fourth-order valence-electron chi connectivity index (χ4n) is 5.03. The summed E-state index contributed by atoms with van der Waals surface area (Å²) in [4.78, 5) is 7.31. The molecule has 0 radical (unpaired) electrons. The summed E-state index contributed by atoms with van der Waals surface area (Å²) >= 11 is 12.8. The first-order chi connectivity index (χ1) is 14.4. The monoisotopic (exact) mass is 445 g/mol. The number of aryl methyl sites for hydroxylation is 1. The van der Waals surface area contributed by atoms with Crippen LogP contribution < -0.4 is 4.90 Å². The van der Waals surface area contributed by atoms with E-state index in [4.69, 9.17) is 32.9 Å². The first kappa shape index (κ1) is 20.0. The predicted molar refractivity (Wildman–Crippen MR) is 119 cm³/mol. The summed E-state index contributed by atoms with van der Waals surface area (Å²) in [6, 6.07) is 5.61. The van der Waals surface area contributed by atoms with Gasteiger partial charge in [-0.3, -0.25) is 4.40 Å². The topological polar surface area (TPSA) is 55.6 Å². The van der Waals surface area contributed by atoms with E-state index < -0.39 is 0 Å². The van der Waals surface area contributed by atoms with Gasteiger partial charge in [-0.1, -0.05) is 42.3 Å². The zero-order valence-electron chi connectivity index (χ0n) is 17.4. The Morgan fingerprint density at radius 3 is 2.63 bits per heavy atom. The van der Waals surface area contributed by atoms with Gasteiger partial charge >= 0.3 is 0 Å². The van der Waals surface area contributed by atoms with Crippen LogP contribution in [0.2, 0.25) is 10.0 Å². The second-order valence-electron chi connectivity index (χ2n) is 8.65. The molecule has 2 fully saturated rings. The van der Waals surface area contributed by atoms with Crippen LogP contribution in [0.4, 0.5) is 5.95 Å². The van der Waals surface area contributed by atoms with E-state index in [1.807, 2.05) is 23.5 Å². The smallest absolute Gasteiger partial charge is 0.212 e. The Hall–Kier alpha value is -1.89. The van der Waals surface area contributed by atoms with Crippen molar-refractivity contribution in [2.24, 2.45) is 11.3 Å². The van der Waals surface area contributed by atoms with Gasteiger partial charge in [0, 0.05) is 29.6 Å². The molecular weight excluding hydrogens is 421 g/mol. The Morgan fingerprint density at radius 1 is 1.17 bits per heavy atom. The highest BCUT2D eigenvalue weighted by Crippen LogP contribution is 2.47. The molecule has 2 aliphatic rings. The summed E-state index contributed by atoms with van der Waals surface area (Å²) < 4.78 is 7.95. The number of nitrogens with zero attached hydrogens (tertiary/aromatic N) is 5. The van der Waals surface area contributed by atoms with Crippen molar-refractivity contribution < 1.29 is 4.74 Å². The largest absolute Gasteiger partial charge is 0.378 e. The van der Waals surface area contributed by atoms with E-state index in [0.717, 1.165) is 61.0 Å². The molecule has 0 bridgehead atoms. The Balaban J connectivity index is 1.52. The van der Waals surface area contributed by atoms with Crippen LogP contribution in [0.5, 0.6) is 0 Å². The summed E-state index contributed by atoms with van der Waals surface area (Å²) in [5.74, 6) is 1.46. The summed E-state index contributed by atoms with van der Waals surface area (Å²) in [5.41, 5.74) is 3.58. The van der Waals surface area contributed by atoms with E-state index in [1.165, 1.54) is 0 Å². The van der Waals surface area contributed by atoms with Gasteiger partial charge in [0.25, 0.3) is 0 Å². The number of benzene rings is 1. The number of halogens is 2. The van der Waals surface area contributed by atoms with Gasteiger partial charge in [0.15, 0.2) is 5.65 Å². The van der Waals surface area contributed by atoms with Gasteiger partial charge in [-0.2, -0.15) is 0 Å². The fourth-order valence-corrected chi connectivity index (χ4v) is 5.43. The van der Waals surface area contributed by atoms with Crippen LogP contribution in [0.15, 0.2) is 24.5 Å². The van der Waals surface area contributed by atoms with Crippen molar-refractivity contribution in [1.29, 1.82) is 0 Å². The highest BCUT2D eigenvalue weighted by atomic mass is 35.5. The van der Waals surface area contributed by atoms with Crippen LogP contribution in [0.3, 0.4) is 0 Å². The second-order valence-corrected chi connectivity index (χ2v) is 9.44. The summed E-state index contributed by atoms with van der Waals surface area (Å²) in [6.07, 6.45) is 4.27. The maximum absolute atomic E-state index is 6.51. The lowest BCUT2D eigenvalue weighted by atomic mass is 9.70. The zero-order valence-corrected chi connectivity index (χ0v) is 18.9. The molecule has 30 heavy (non-hydrogen) atoms. The van der Waals surface area contributed by atoms with Gasteiger partial charge in [0.2, 0.25) is 5.95 Å². The van der Waals surface area contributed by atoms with Crippen LogP contribution in [-0.4, -0.2) is 45.4 Å². The Bertz CT molecular complexity index is 1110. The molecule has 6 nitrogen and oxygen atoms in total. The van der Waals surface area contributed by atoms with Gasteiger partial charge in [-0.25, -0.2) is 4.98 Å². The summed E-state index contributed by atoms with van der Waals surface area (Å²) in [7, 11) is 0. The van der Waals surface area contributed by atoms with Crippen molar-refractivity contribution in [3.05, 3.63) is 40.3 Å². The minimum atomic E-state index is 0.283. The van der Waals surface area contributed by atoms with Crippen LogP contribution >= 0.6 is 23.2 Å². The van der Waals surface area contributed by atoms with Crippen molar-refractivity contribution in [2.45, 2.75) is 39.7 Å². The van der Waals surface area contributed by atoms with Crippen LogP contribution in [0.25, 0.3) is 16.8 Å². The van der Waals surface area contributed by atoms with Gasteiger partial charge in [-0.15, -0.1) is 10.2 Å². The molecule has 0 unspecified atom stereocenters. The van der Waals surface area contributed by atoms with Crippen molar-refractivity contribution in [3.63, 3.8) is 0 Å². The standard InChI is InChI=1S/C22H25Cl2N5O/c1-13-15(3)30-11-22(13)7-9-28(10-8-22)21-26-14(2)18(20-27-25-12-29(20)21)16-5-4-6-17(23)19(16)24/h4-6,12-13,15H,7-11H2,1-3H3/t13-,15+/m1/s1. The molecule has 0 saturated carbocycles. The lowest BCUT2D eigenvalue weighted by Crippen LogP contribution is -2.44. The van der Waals surface area contributed by atoms with Crippen molar-refractivity contribution in [1.82, 2.24) is 19.6 Å². The lowest BCUT2D eigenvalue weighted by Gasteiger charge is -2.42. The third-order valence-corrected chi connectivity index (χ3v) is 8.00. The van der Waals surface area contributed by atoms with Crippen LogP contribution in [0, 0.1) is 18.3 Å². The molecule has 0 aliphatic carbocycles. The summed E-state index contributed by atoms with van der Waals surface area (Å²) in [5, 5.41) is 9.60. The maximum atomic E-state index is 6.51. The van der Waals surface area contributed by atoms with E-state index in [2.05, 4.69) is 28.9 Å². The molecule has 1 aromatic carbocycles. The van der Waals surface area contributed by atoms with Crippen molar-refractivity contribution >= 4 is 34.8 Å². The molecule has 0 amide bonds. The molecule has 3 aromatic rings. The molecule has 8 heteroatoms. The first-order valence-electron chi connectivity index (χ1n) is 10.4. The Kier molecular flexibility index (Phi) is 4.92. The normalized spacial score (nSPS) is 23.6. The molecule has 2 saturated heterocycles. The van der Waals surface area contributed by atoms with Gasteiger partial charge in [-0.05, 0) is 38.7 Å². The second kappa shape index (κ2) is 7.36.